The topological polar surface area (TPSA) is 140 Å². The zero-order valence-corrected chi connectivity index (χ0v) is 16.7. The van der Waals surface area contributed by atoms with Crippen molar-refractivity contribution >= 4 is 11.7 Å². The van der Waals surface area contributed by atoms with Crippen molar-refractivity contribution in [3.05, 3.63) is 0 Å². The highest BCUT2D eigenvalue weighted by atomic mass is 16.6. The minimum atomic E-state index is -1.79. The van der Waals surface area contributed by atoms with E-state index in [4.69, 9.17) is 4.74 Å². The summed E-state index contributed by atoms with van der Waals surface area (Å²) in [5.41, 5.74) is 0. The summed E-state index contributed by atoms with van der Waals surface area (Å²) in [5, 5.41) is 40.7. The Kier molecular flexibility index (Phi) is 8.79. The third-order valence-electron chi connectivity index (χ3n) is 5.55. The second-order valence-electron chi connectivity index (χ2n) is 8.35. The van der Waals surface area contributed by atoms with Gasteiger partial charge in [-0.25, -0.2) is 0 Å². The Balaban J connectivity index is 1.69. The van der Waals surface area contributed by atoms with Crippen molar-refractivity contribution in [1.29, 1.82) is 0 Å². The van der Waals surface area contributed by atoms with Crippen LogP contribution in [0.4, 0.5) is 0 Å². The second kappa shape index (κ2) is 10.6. The van der Waals surface area contributed by atoms with Gasteiger partial charge in [-0.2, -0.15) is 0 Å². The van der Waals surface area contributed by atoms with Gasteiger partial charge in [-0.05, 0) is 50.7 Å². The van der Waals surface area contributed by atoms with E-state index < -0.39 is 36.6 Å². The molecule has 9 heteroatoms. The maximum atomic E-state index is 12.2. The van der Waals surface area contributed by atoms with Crippen molar-refractivity contribution < 1.29 is 34.8 Å². The highest BCUT2D eigenvalue weighted by molar-refractivity contribution is 5.88. The first-order chi connectivity index (χ1) is 13.2. The van der Waals surface area contributed by atoms with E-state index in [0.29, 0.717) is 18.3 Å². The number of nitrogens with zero attached hydrogens (tertiary/aromatic N) is 1. The molecule has 28 heavy (non-hydrogen) atoms. The Hall–Kier alpha value is -1.10. The number of rotatable bonds is 8. The molecule has 0 aromatic carbocycles. The van der Waals surface area contributed by atoms with Crippen LogP contribution >= 0.6 is 0 Å². The van der Waals surface area contributed by atoms with Gasteiger partial charge < -0.3 is 35.4 Å². The van der Waals surface area contributed by atoms with Gasteiger partial charge in [-0.1, -0.05) is 13.8 Å². The number of aliphatic hydroxyl groups is 4. The number of nitrogens with one attached hydrogen (secondary N) is 1. The highest BCUT2D eigenvalue weighted by Crippen LogP contribution is 2.22. The van der Waals surface area contributed by atoms with Crippen LogP contribution in [0.3, 0.4) is 0 Å². The number of hydrogen-bond acceptors (Lipinski definition) is 8. The lowest BCUT2D eigenvalue weighted by Crippen LogP contribution is -2.61. The Labute approximate surface area is 165 Å². The monoisotopic (exact) mass is 402 g/mol. The summed E-state index contributed by atoms with van der Waals surface area (Å²) in [6, 6.07) is 0. The first-order valence-corrected chi connectivity index (χ1v) is 10.1. The number of piperidine rings is 1. The van der Waals surface area contributed by atoms with Crippen LogP contribution in [0.1, 0.15) is 39.5 Å². The van der Waals surface area contributed by atoms with Crippen LogP contribution in [-0.2, 0) is 14.3 Å². The molecular weight excluding hydrogens is 368 g/mol. The summed E-state index contributed by atoms with van der Waals surface area (Å²) >= 11 is 0. The number of ketones is 1. The van der Waals surface area contributed by atoms with Crippen molar-refractivity contribution in [3.8, 4) is 0 Å². The number of hydrogen-bond donors (Lipinski definition) is 5. The molecule has 2 heterocycles. The summed E-state index contributed by atoms with van der Waals surface area (Å²) in [6.07, 6.45) is -4.97. The first kappa shape index (κ1) is 23.2. The van der Waals surface area contributed by atoms with Crippen LogP contribution in [0, 0.1) is 11.8 Å². The molecule has 2 rings (SSSR count). The zero-order valence-electron chi connectivity index (χ0n) is 16.7. The van der Waals surface area contributed by atoms with Gasteiger partial charge in [-0.3, -0.25) is 9.59 Å². The third kappa shape index (κ3) is 6.47. The molecule has 5 N–H and O–H groups in total. The van der Waals surface area contributed by atoms with E-state index in [0.717, 1.165) is 32.5 Å². The molecule has 0 bridgehead atoms. The minimum absolute atomic E-state index is 0.111. The molecule has 9 nitrogen and oxygen atoms in total. The number of carbonyl (C=O) groups is 2. The molecular formula is C19H34N2O7. The maximum absolute atomic E-state index is 12.2. The van der Waals surface area contributed by atoms with Crippen LogP contribution in [-0.4, -0.2) is 93.9 Å². The van der Waals surface area contributed by atoms with Gasteiger partial charge in [0.2, 0.25) is 0 Å². The molecule has 5 atom stereocenters. The van der Waals surface area contributed by atoms with Crippen LogP contribution in [0.15, 0.2) is 0 Å². The Morgan fingerprint density at radius 2 is 1.71 bits per heavy atom. The summed E-state index contributed by atoms with van der Waals surface area (Å²) in [7, 11) is 0. The third-order valence-corrected chi connectivity index (χ3v) is 5.55. The molecule has 0 aromatic heterocycles. The van der Waals surface area contributed by atoms with Crippen LogP contribution in [0.25, 0.3) is 0 Å². The Morgan fingerprint density at radius 1 is 1.07 bits per heavy atom. The lowest BCUT2D eigenvalue weighted by atomic mass is 9.91. The predicted molar refractivity (Wildman–Crippen MR) is 100 cm³/mol. The van der Waals surface area contributed by atoms with E-state index in [1.165, 1.54) is 6.42 Å². The number of likely N-dealkylation sites (tertiary alicyclic amines) is 1. The molecule has 1 amide bonds. The van der Waals surface area contributed by atoms with Gasteiger partial charge in [-0.15, -0.1) is 0 Å². The van der Waals surface area contributed by atoms with E-state index in [9.17, 15) is 30.0 Å². The lowest BCUT2D eigenvalue weighted by Gasteiger charge is -2.37. The number of Topliss-reactive ketones (excluding diaryl/α,β-unsaturated/α-hetero) is 1. The van der Waals surface area contributed by atoms with Crippen molar-refractivity contribution in [2.75, 3.05) is 26.2 Å². The van der Waals surface area contributed by atoms with Crippen molar-refractivity contribution in [2.24, 2.45) is 11.8 Å². The van der Waals surface area contributed by atoms with Crippen LogP contribution in [0.5, 0.6) is 0 Å². The predicted octanol–water partition coefficient (Wildman–Crippen LogP) is -1.38. The second-order valence-corrected chi connectivity index (χ2v) is 8.35. The van der Waals surface area contributed by atoms with Crippen LogP contribution in [0.2, 0.25) is 0 Å². The summed E-state index contributed by atoms with van der Waals surface area (Å²) in [4.78, 5) is 26.7. The maximum Gasteiger partial charge on any atom is 0.252 e. The van der Waals surface area contributed by atoms with E-state index in [-0.39, 0.29) is 12.3 Å². The van der Waals surface area contributed by atoms with Crippen molar-refractivity contribution in [1.82, 2.24) is 10.2 Å². The Morgan fingerprint density at radius 3 is 2.32 bits per heavy atom. The van der Waals surface area contributed by atoms with Gasteiger partial charge in [0.1, 0.15) is 18.3 Å². The van der Waals surface area contributed by atoms with Gasteiger partial charge >= 0.3 is 0 Å². The molecule has 2 aliphatic heterocycles. The average molecular weight is 402 g/mol. The molecule has 0 saturated carbocycles. The molecule has 2 aliphatic rings. The molecule has 0 aliphatic carbocycles. The molecule has 0 unspecified atom stereocenters. The van der Waals surface area contributed by atoms with Gasteiger partial charge in [0, 0.05) is 6.42 Å². The van der Waals surface area contributed by atoms with Gasteiger partial charge in [0.05, 0.1) is 6.54 Å². The minimum Gasteiger partial charge on any atom is -0.387 e. The van der Waals surface area contributed by atoms with Gasteiger partial charge in [0.15, 0.2) is 18.2 Å². The Bertz CT molecular complexity index is 522. The zero-order chi connectivity index (χ0) is 20.8. The number of aliphatic hydroxyl groups excluding tert-OH is 4. The molecule has 2 saturated heterocycles. The fraction of sp³-hybridized carbons (Fsp3) is 0.895. The van der Waals surface area contributed by atoms with Gasteiger partial charge in [0.25, 0.3) is 5.91 Å². The molecule has 0 aromatic rings. The fourth-order valence-corrected chi connectivity index (χ4v) is 3.61. The van der Waals surface area contributed by atoms with Crippen LogP contribution < -0.4 is 5.32 Å². The molecule has 2 fully saturated rings. The molecule has 0 spiro atoms. The van der Waals surface area contributed by atoms with Crippen molar-refractivity contribution in [2.45, 2.75) is 70.2 Å². The standard InChI is InChI=1S/C19H34N2O7/c1-11(2)3-6-21-7-4-12(5-8-21)9-13(22)10-20-18(26)17-15(24)14(23)16(25)19(27)28-17/h11-12,14-17,19,23-25,27H,3-10H2,1-2H3,(H,20,26)/t14-,15-,16+,17-,19+/m0/s1. The molecule has 0 radical (unpaired) electrons. The largest absolute Gasteiger partial charge is 0.387 e. The number of carbonyl (C=O) groups excluding carboxylic acids is 2. The summed E-state index contributed by atoms with van der Waals surface area (Å²) in [6.45, 7) is 7.27. The SMILES string of the molecule is CC(C)CCN1CCC(CC(=O)CNC(=O)[C@H]2O[C@@H](O)[C@H](O)[C@@H](O)[C@@H]2O)CC1. The number of amides is 1. The quantitative estimate of drug-likeness (QED) is 0.335. The summed E-state index contributed by atoms with van der Waals surface area (Å²) in [5.74, 6) is 0.0600. The number of ether oxygens (including phenoxy) is 1. The normalized spacial score (nSPS) is 32.5. The molecule has 162 valence electrons. The first-order valence-electron chi connectivity index (χ1n) is 10.1. The van der Waals surface area contributed by atoms with E-state index in [2.05, 4.69) is 24.1 Å². The van der Waals surface area contributed by atoms with E-state index >= 15 is 0 Å². The van der Waals surface area contributed by atoms with E-state index in [1.807, 2.05) is 0 Å². The van der Waals surface area contributed by atoms with E-state index in [1.54, 1.807) is 0 Å². The fourth-order valence-electron chi connectivity index (χ4n) is 3.61. The van der Waals surface area contributed by atoms with Crippen molar-refractivity contribution in [3.63, 3.8) is 0 Å². The highest BCUT2D eigenvalue weighted by Gasteiger charge is 2.46. The lowest BCUT2D eigenvalue weighted by molar-refractivity contribution is -0.275. The summed E-state index contributed by atoms with van der Waals surface area (Å²) < 4.78 is 4.84. The average Bonchev–Trinajstić information content (AvgIpc) is 2.66. The smallest absolute Gasteiger partial charge is 0.252 e.